The molecule has 4 heteroatoms. The summed E-state index contributed by atoms with van der Waals surface area (Å²) < 4.78 is 13.3. The zero-order chi connectivity index (χ0) is 20.3. The zero-order valence-corrected chi connectivity index (χ0v) is 17.6. The minimum absolute atomic E-state index is 0.0269. The molecule has 8 rings (SSSR count). The third-order valence-electron chi connectivity index (χ3n) is 9.97. The smallest absolute Gasteiger partial charge is 0.321 e. The molecule has 2 heterocycles. The Morgan fingerprint density at radius 1 is 1.07 bits per heavy atom. The molecule has 0 radical (unpaired) electrons. The quantitative estimate of drug-likeness (QED) is 0.441. The van der Waals surface area contributed by atoms with Crippen LogP contribution in [0.15, 0.2) is 48.5 Å². The number of ether oxygens (including phenoxy) is 2. The maximum atomic E-state index is 13.8. The van der Waals surface area contributed by atoms with E-state index in [1.807, 2.05) is 19.1 Å². The number of carbonyl (C=O) groups excluding carboxylic acids is 1. The third kappa shape index (κ3) is 1.37. The average molecular weight is 400 g/mol. The first-order valence-corrected chi connectivity index (χ1v) is 11.3. The number of quaternary nitrogens is 1. The number of likely N-dealkylation sites (tertiary alicyclic amines) is 1. The van der Waals surface area contributed by atoms with Crippen molar-refractivity contribution < 1.29 is 18.8 Å². The molecule has 2 aromatic rings. The number of esters is 1. The number of epoxide rings is 1. The maximum absolute atomic E-state index is 13.8. The van der Waals surface area contributed by atoms with Crippen molar-refractivity contribution in [3.63, 3.8) is 0 Å². The number of fused-ring (bicyclic) bond motifs is 4. The topological polar surface area (TPSA) is 38.8 Å². The fourth-order valence-electron chi connectivity index (χ4n) is 9.06. The summed E-state index contributed by atoms with van der Waals surface area (Å²) >= 11 is 0. The molecule has 4 aliphatic carbocycles. The van der Waals surface area contributed by atoms with E-state index in [9.17, 15) is 4.79 Å². The Hall–Kier alpha value is -2.17. The molecule has 3 saturated carbocycles. The SMILES string of the molecule is CC1(C(=O)O[C@H]2CC3C4(C2)C2C5OC52C4[N+]3(C)C)c2ccccc2-c2ccccc21. The third-order valence-corrected chi connectivity index (χ3v) is 9.97. The molecule has 152 valence electrons. The normalized spacial score (nSPS) is 45.4. The molecule has 30 heavy (non-hydrogen) atoms. The number of nitrogens with zero attached hydrogens (tertiary/aromatic N) is 1. The van der Waals surface area contributed by atoms with Crippen LogP contribution < -0.4 is 0 Å². The van der Waals surface area contributed by atoms with Gasteiger partial charge in [0.05, 0.1) is 19.5 Å². The van der Waals surface area contributed by atoms with Crippen molar-refractivity contribution in [2.24, 2.45) is 11.3 Å². The van der Waals surface area contributed by atoms with E-state index >= 15 is 0 Å². The number of hydrogen-bond donors (Lipinski definition) is 0. The lowest BCUT2D eigenvalue weighted by atomic mass is 9.50. The van der Waals surface area contributed by atoms with Crippen LogP contribution in [-0.2, 0) is 19.7 Å². The summed E-state index contributed by atoms with van der Waals surface area (Å²) in [5.41, 5.74) is 4.34. The molecule has 6 unspecified atom stereocenters. The van der Waals surface area contributed by atoms with Gasteiger partial charge in [0.2, 0.25) is 0 Å². The monoisotopic (exact) mass is 400 g/mol. The van der Waals surface area contributed by atoms with Crippen LogP contribution in [0.2, 0.25) is 0 Å². The maximum Gasteiger partial charge on any atom is 0.321 e. The van der Waals surface area contributed by atoms with Crippen molar-refractivity contribution in [2.45, 2.75) is 55.1 Å². The number of carbonyl (C=O) groups is 1. The second-order valence-corrected chi connectivity index (χ2v) is 11.2. The van der Waals surface area contributed by atoms with E-state index in [4.69, 9.17) is 9.47 Å². The molecule has 2 spiro atoms. The molecule has 0 bridgehead atoms. The lowest BCUT2D eigenvalue weighted by Crippen LogP contribution is -2.87. The van der Waals surface area contributed by atoms with Gasteiger partial charge in [-0.25, -0.2) is 0 Å². The van der Waals surface area contributed by atoms with Crippen molar-refractivity contribution >= 4 is 5.97 Å². The van der Waals surface area contributed by atoms with Crippen molar-refractivity contribution in [3.05, 3.63) is 59.7 Å². The molecule has 0 amide bonds. The Kier molecular flexibility index (Phi) is 2.42. The van der Waals surface area contributed by atoms with Crippen molar-refractivity contribution in [1.82, 2.24) is 0 Å². The van der Waals surface area contributed by atoms with Crippen LogP contribution in [0.25, 0.3) is 11.1 Å². The summed E-state index contributed by atoms with van der Waals surface area (Å²) in [6.45, 7) is 2.05. The average Bonchev–Trinajstić information content (AvgIpc) is 3.48. The number of hydrogen-bond acceptors (Lipinski definition) is 3. The van der Waals surface area contributed by atoms with Gasteiger partial charge in [0.1, 0.15) is 29.7 Å². The van der Waals surface area contributed by atoms with Gasteiger partial charge in [0.15, 0.2) is 5.60 Å². The summed E-state index contributed by atoms with van der Waals surface area (Å²) in [5, 5.41) is 0. The van der Waals surface area contributed by atoms with Crippen LogP contribution in [0, 0.1) is 11.3 Å². The van der Waals surface area contributed by atoms with Gasteiger partial charge in [-0.1, -0.05) is 48.5 Å². The molecule has 0 N–H and O–H groups in total. The predicted molar refractivity (Wildman–Crippen MR) is 111 cm³/mol. The van der Waals surface area contributed by atoms with E-state index in [-0.39, 0.29) is 17.7 Å². The first-order chi connectivity index (χ1) is 14.4. The highest BCUT2D eigenvalue weighted by molar-refractivity contribution is 5.97. The van der Waals surface area contributed by atoms with E-state index in [1.54, 1.807) is 0 Å². The van der Waals surface area contributed by atoms with Crippen LogP contribution in [-0.4, -0.2) is 54.4 Å². The summed E-state index contributed by atoms with van der Waals surface area (Å²) in [4.78, 5) is 13.8. The lowest BCUT2D eigenvalue weighted by Gasteiger charge is -2.71. The minimum atomic E-state index is -0.734. The van der Waals surface area contributed by atoms with Gasteiger partial charge >= 0.3 is 5.97 Å². The van der Waals surface area contributed by atoms with E-state index in [2.05, 4.69) is 50.5 Å². The van der Waals surface area contributed by atoms with Gasteiger partial charge in [-0.3, -0.25) is 4.79 Å². The van der Waals surface area contributed by atoms with Crippen LogP contribution in [0.1, 0.15) is 30.9 Å². The summed E-state index contributed by atoms with van der Waals surface area (Å²) in [7, 11) is 4.70. The molecule has 2 saturated heterocycles. The molecule has 4 nitrogen and oxygen atoms in total. The van der Waals surface area contributed by atoms with E-state index in [0.717, 1.165) is 45.5 Å². The second-order valence-electron chi connectivity index (χ2n) is 11.2. The first-order valence-electron chi connectivity index (χ1n) is 11.3. The van der Waals surface area contributed by atoms with Crippen molar-refractivity contribution in [1.29, 1.82) is 0 Å². The van der Waals surface area contributed by atoms with Crippen LogP contribution in [0.3, 0.4) is 0 Å². The number of rotatable bonds is 2. The summed E-state index contributed by atoms with van der Waals surface area (Å²) in [6, 6.07) is 17.8. The Morgan fingerprint density at radius 2 is 1.70 bits per heavy atom. The molecular weight excluding hydrogens is 374 g/mol. The Bertz CT molecular complexity index is 1140. The predicted octanol–water partition coefficient (Wildman–Crippen LogP) is 3.27. The van der Waals surface area contributed by atoms with Crippen LogP contribution in [0.4, 0.5) is 0 Å². The lowest BCUT2D eigenvalue weighted by molar-refractivity contribution is -1.02. The highest BCUT2D eigenvalue weighted by Crippen LogP contribution is 2.93. The molecule has 2 aliphatic heterocycles. The standard InChI is InChI=1S/C26H26NO3/c1-24(17-10-6-4-8-15(17)16-9-5-7-11-18(16)24)23(28)29-14-12-19-25(13-14)20-21-26(20,30-21)22(25)27(19,2)3/h4-11,14,19-22H,12-13H2,1-3H3/q+1/t14-,19?,20?,21?,22?,25?,26?/m0/s1. The Morgan fingerprint density at radius 3 is 2.33 bits per heavy atom. The Labute approximate surface area is 176 Å². The van der Waals surface area contributed by atoms with Gasteiger partial charge in [-0.2, -0.15) is 0 Å². The first kappa shape index (κ1) is 16.5. The van der Waals surface area contributed by atoms with E-state index < -0.39 is 5.41 Å². The highest BCUT2D eigenvalue weighted by Gasteiger charge is 3.10. The van der Waals surface area contributed by atoms with Gasteiger partial charge in [-0.05, 0) is 29.2 Å². The van der Waals surface area contributed by atoms with E-state index in [1.165, 1.54) is 0 Å². The molecule has 0 aromatic heterocycles. The summed E-state index contributed by atoms with van der Waals surface area (Å²) in [6.07, 6.45) is 2.57. The van der Waals surface area contributed by atoms with Gasteiger partial charge in [0.25, 0.3) is 0 Å². The number of piperidine rings is 1. The number of benzene rings is 2. The van der Waals surface area contributed by atoms with Gasteiger partial charge in [0, 0.05) is 18.8 Å². The zero-order valence-electron chi connectivity index (χ0n) is 17.6. The molecule has 5 fully saturated rings. The van der Waals surface area contributed by atoms with Crippen LogP contribution in [0.5, 0.6) is 0 Å². The Balaban J connectivity index is 1.13. The van der Waals surface area contributed by atoms with Gasteiger partial charge in [-0.15, -0.1) is 0 Å². The highest BCUT2D eigenvalue weighted by atomic mass is 16.7. The van der Waals surface area contributed by atoms with Crippen molar-refractivity contribution in [3.8, 4) is 11.1 Å². The molecule has 2 aromatic carbocycles. The van der Waals surface area contributed by atoms with Crippen LogP contribution >= 0.6 is 0 Å². The largest absolute Gasteiger partial charge is 0.461 e. The van der Waals surface area contributed by atoms with E-state index in [0.29, 0.717) is 23.6 Å². The minimum Gasteiger partial charge on any atom is -0.461 e. The second kappa shape index (κ2) is 4.39. The fraction of sp³-hybridized carbons (Fsp3) is 0.500. The molecular formula is C26H26NO3+. The fourth-order valence-corrected chi connectivity index (χ4v) is 9.06. The summed E-state index contributed by atoms with van der Waals surface area (Å²) in [5.74, 6) is 0.661. The van der Waals surface area contributed by atoms with Crippen molar-refractivity contribution in [2.75, 3.05) is 14.1 Å². The van der Waals surface area contributed by atoms with Gasteiger partial charge < -0.3 is 14.0 Å². The number of likely N-dealkylation sites (N-methyl/N-ethyl adjacent to an activating group) is 1. The molecule has 7 atom stereocenters. The molecule has 6 aliphatic rings.